The maximum atomic E-state index is 12.1. The maximum absolute atomic E-state index is 12.1. The van der Waals surface area contributed by atoms with E-state index in [4.69, 9.17) is 0 Å². The van der Waals surface area contributed by atoms with Crippen LogP contribution in [0.15, 0.2) is 28.7 Å². The van der Waals surface area contributed by atoms with Gasteiger partial charge < -0.3 is 10.4 Å². The first-order valence-corrected chi connectivity index (χ1v) is 6.97. The van der Waals surface area contributed by atoms with Crippen LogP contribution in [0.25, 0.3) is 0 Å². The predicted octanol–water partition coefficient (Wildman–Crippen LogP) is 2.61. The van der Waals surface area contributed by atoms with Crippen molar-refractivity contribution < 1.29 is 9.90 Å². The van der Waals surface area contributed by atoms with Crippen LogP contribution in [-0.4, -0.2) is 22.9 Å². The number of urea groups is 1. The highest BCUT2D eigenvalue weighted by molar-refractivity contribution is 9.10. The number of rotatable bonds is 1. The van der Waals surface area contributed by atoms with Gasteiger partial charge in [0.25, 0.3) is 0 Å². The minimum Gasteiger partial charge on any atom is -0.371 e. The molecule has 2 fully saturated rings. The molecule has 2 aliphatic rings. The molecule has 0 bridgehead atoms. The molecule has 1 unspecified atom stereocenters. The van der Waals surface area contributed by atoms with Gasteiger partial charge in [0.05, 0.1) is 5.54 Å². The van der Waals surface area contributed by atoms with Crippen LogP contribution in [0.4, 0.5) is 10.5 Å². The molecular weight excluding hydrogens is 296 g/mol. The van der Waals surface area contributed by atoms with Crippen molar-refractivity contribution in [3.8, 4) is 0 Å². The van der Waals surface area contributed by atoms with Gasteiger partial charge in [-0.15, -0.1) is 0 Å². The molecule has 1 saturated carbocycles. The van der Waals surface area contributed by atoms with Gasteiger partial charge in [-0.1, -0.05) is 28.8 Å². The summed E-state index contributed by atoms with van der Waals surface area (Å²) in [7, 11) is 0. The highest BCUT2D eigenvalue weighted by atomic mass is 79.9. The highest BCUT2D eigenvalue weighted by Gasteiger charge is 2.52. The van der Waals surface area contributed by atoms with Crippen LogP contribution in [0.5, 0.6) is 0 Å². The topological polar surface area (TPSA) is 52.6 Å². The summed E-state index contributed by atoms with van der Waals surface area (Å²) < 4.78 is 0.955. The Labute approximate surface area is 114 Å². The summed E-state index contributed by atoms with van der Waals surface area (Å²) in [5, 5.41) is 13.4. The van der Waals surface area contributed by atoms with Gasteiger partial charge in [0.15, 0.2) is 6.23 Å². The molecule has 1 spiro atoms. The van der Waals surface area contributed by atoms with Crippen molar-refractivity contribution in [3.63, 3.8) is 0 Å². The summed E-state index contributed by atoms with van der Waals surface area (Å²) in [4.78, 5) is 13.5. The number of amides is 2. The number of hydrogen-bond donors (Lipinski definition) is 2. The zero-order valence-corrected chi connectivity index (χ0v) is 11.5. The number of nitrogens with one attached hydrogen (secondary N) is 1. The van der Waals surface area contributed by atoms with E-state index < -0.39 is 11.8 Å². The third-order valence-corrected chi connectivity index (χ3v) is 4.44. The van der Waals surface area contributed by atoms with Crippen molar-refractivity contribution in [1.29, 1.82) is 0 Å². The normalized spacial score (nSPS) is 25.8. The van der Waals surface area contributed by atoms with Gasteiger partial charge in [-0.05, 0) is 37.1 Å². The second kappa shape index (κ2) is 4.24. The van der Waals surface area contributed by atoms with Crippen LogP contribution in [0.3, 0.4) is 0 Å². The summed E-state index contributed by atoms with van der Waals surface area (Å²) in [6.07, 6.45) is 3.06. The van der Waals surface area contributed by atoms with Gasteiger partial charge in [0.2, 0.25) is 0 Å². The fourth-order valence-corrected chi connectivity index (χ4v) is 3.21. The smallest absolute Gasteiger partial charge is 0.324 e. The summed E-state index contributed by atoms with van der Waals surface area (Å²) in [6, 6.07) is 7.21. The SMILES string of the molecule is O=C1NC2(CCCC2)C(O)N1c1ccc(Br)cc1. The molecule has 0 aromatic heterocycles. The monoisotopic (exact) mass is 310 g/mol. The first-order chi connectivity index (χ1) is 8.62. The number of anilines is 1. The Kier molecular flexibility index (Phi) is 2.83. The fourth-order valence-electron chi connectivity index (χ4n) is 2.95. The zero-order chi connectivity index (χ0) is 12.8. The molecule has 1 aromatic rings. The van der Waals surface area contributed by atoms with Crippen molar-refractivity contribution >= 4 is 27.6 Å². The van der Waals surface area contributed by atoms with Crippen LogP contribution in [0, 0.1) is 0 Å². The average molecular weight is 311 g/mol. The minimum absolute atomic E-state index is 0.202. The van der Waals surface area contributed by atoms with Crippen LogP contribution in [-0.2, 0) is 0 Å². The van der Waals surface area contributed by atoms with E-state index in [9.17, 15) is 9.90 Å². The standard InChI is InChI=1S/C13H15BrN2O2/c14-9-3-5-10(6-4-9)16-11(17)13(15-12(16)18)7-1-2-8-13/h3-6,11,17H,1-2,7-8H2,(H,15,18). The van der Waals surface area contributed by atoms with E-state index in [0.29, 0.717) is 0 Å². The number of aliphatic hydroxyl groups excluding tert-OH is 1. The molecule has 0 radical (unpaired) electrons. The molecule has 3 rings (SSSR count). The molecule has 2 amide bonds. The first kappa shape index (κ1) is 12.0. The Morgan fingerprint density at radius 2 is 1.89 bits per heavy atom. The molecule has 1 saturated heterocycles. The van der Waals surface area contributed by atoms with Crippen molar-refractivity contribution in [2.24, 2.45) is 0 Å². The maximum Gasteiger partial charge on any atom is 0.324 e. The molecular formula is C13H15BrN2O2. The molecule has 1 aliphatic carbocycles. The first-order valence-electron chi connectivity index (χ1n) is 6.17. The summed E-state index contributed by atoms with van der Waals surface area (Å²) in [5.41, 5.74) is 0.288. The molecule has 1 heterocycles. The van der Waals surface area contributed by atoms with E-state index in [1.165, 1.54) is 4.90 Å². The van der Waals surface area contributed by atoms with E-state index in [2.05, 4.69) is 21.2 Å². The van der Waals surface area contributed by atoms with Gasteiger partial charge in [-0.2, -0.15) is 0 Å². The molecule has 2 N–H and O–H groups in total. The third kappa shape index (κ3) is 1.73. The Morgan fingerprint density at radius 3 is 2.50 bits per heavy atom. The van der Waals surface area contributed by atoms with E-state index >= 15 is 0 Å². The third-order valence-electron chi connectivity index (χ3n) is 3.91. The number of hydrogen-bond acceptors (Lipinski definition) is 2. The minimum atomic E-state index is -0.770. The van der Waals surface area contributed by atoms with E-state index in [-0.39, 0.29) is 6.03 Å². The second-order valence-electron chi connectivity index (χ2n) is 5.01. The molecule has 1 atom stereocenters. The molecule has 96 valence electrons. The van der Waals surface area contributed by atoms with Gasteiger partial charge in [-0.25, -0.2) is 4.79 Å². The number of benzene rings is 1. The second-order valence-corrected chi connectivity index (χ2v) is 5.93. The highest BCUT2D eigenvalue weighted by Crippen LogP contribution is 2.39. The van der Waals surface area contributed by atoms with Crippen LogP contribution < -0.4 is 10.2 Å². The van der Waals surface area contributed by atoms with E-state index in [0.717, 1.165) is 35.8 Å². The lowest BCUT2D eigenvalue weighted by atomic mass is 9.96. The zero-order valence-electron chi connectivity index (χ0n) is 9.90. The van der Waals surface area contributed by atoms with Gasteiger partial charge in [0.1, 0.15) is 0 Å². The quantitative estimate of drug-likeness (QED) is 0.837. The van der Waals surface area contributed by atoms with Crippen molar-refractivity contribution in [2.75, 3.05) is 4.90 Å². The van der Waals surface area contributed by atoms with Crippen LogP contribution >= 0.6 is 15.9 Å². The molecule has 5 heteroatoms. The van der Waals surface area contributed by atoms with Crippen molar-refractivity contribution in [1.82, 2.24) is 5.32 Å². The van der Waals surface area contributed by atoms with Crippen LogP contribution in [0.2, 0.25) is 0 Å². The molecule has 18 heavy (non-hydrogen) atoms. The van der Waals surface area contributed by atoms with Gasteiger partial charge in [0, 0.05) is 10.2 Å². The van der Waals surface area contributed by atoms with Crippen LogP contribution in [0.1, 0.15) is 25.7 Å². The lowest BCUT2D eigenvalue weighted by molar-refractivity contribution is 0.102. The fraction of sp³-hybridized carbons (Fsp3) is 0.462. The Balaban J connectivity index is 1.93. The number of carbonyl (C=O) groups is 1. The molecule has 1 aromatic carbocycles. The summed E-state index contributed by atoms with van der Waals surface area (Å²) >= 11 is 3.36. The lowest BCUT2D eigenvalue weighted by Gasteiger charge is -2.29. The Hall–Kier alpha value is -1.07. The lowest BCUT2D eigenvalue weighted by Crippen LogP contribution is -2.47. The van der Waals surface area contributed by atoms with Gasteiger partial charge >= 0.3 is 6.03 Å². The molecule has 4 nitrogen and oxygen atoms in total. The Bertz CT molecular complexity index is 468. The number of carbonyl (C=O) groups excluding carboxylic acids is 1. The average Bonchev–Trinajstić information content (AvgIpc) is 2.89. The van der Waals surface area contributed by atoms with E-state index in [1.54, 1.807) is 0 Å². The predicted molar refractivity (Wildman–Crippen MR) is 72.4 cm³/mol. The number of aliphatic hydroxyl groups is 1. The van der Waals surface area contributed by atoms with Crippen molar-refractivity contribution in [3.05, 3.63) is 28.7 Å². The largest absolute Gasteiger partial charge is 0.371 e. The van der Waals surface area contributed by atoms with Crippen molar-refractivity contribution in [2.45, 2.75) is 37.5 Å². The Morgan fingerprint density at radius 1 is 1.28 bits per heavy atom. The van der Waals surface area contributed by atoms with E-state index in [1.807, 2.05) is 24.3 Å². The van der Waals surface area contributed by atoms with Gasteiger partial charge in [-0.3, -0.25) is 4.90 Å². The number of halogens is 1. The summed E-state index contributed by atoms with van der Waals surface area (Å²) in [5.74, 6) is 0. The molecule has 1 aliphatic heterocycles. The summed E-state index contributed by atoms with van der Waals surface area (Å²) in [6.45, 7) is 0. The number of nitrogens with zero attached hydrogens (tertiary/aromatic N) is 1.